The molecular weight excluding hydrogens is 461 g/mol. The summed E-state index contributed by atoms with van der Waals surface area (Å²) in [6.45, 7) is 7.53. The van der Waals surface area contributed by atoms with Gasteiger partial charge in [0, 0.05) is 38.8 Å². The molecule has 3 rings (SSSR count). The number of halogens is 1. The number of nitrogens with zero attached hydrogens (tertiary/aromatic N) is 1. The lowest BCUT2D eigenvalue weighted by molar-refractivity contribution is 0.0514. The zero-order chi connectivity index (χ0) is 19.1. The Morgan fingerprint density at radius 1 is 1.04 bits per heavy atom. The Hall–Kier alpha value is -1.60. The van der Waals surface area contributed by atoms with Gasteiger partial charge >= 0.3 is 0 Å². The summed E-state index contributed by atoms with van der Waals surface area (Å²) in [7, 11) is 1.83. The molecule has 2 N–H and O–H groups in total. The maximum absolute atomic E-state index is 5.63. The summed E-state index contributed by atoms with van der Waals surface area (Å²) in [6, 6.07) is 17.4. The quantitative estimate of drug-likeness (QED) is 0.370. The Balaban J connectivity index is 0.00000280. The van der Waals surface area contributed by atoms with Crippen molar-refractivity contribution in [1.82, 2.24) is 10.6 Å². The van der Waals surface area contributed by atoms with Crippen LogP contribution < -0.4 is 10.6 Å². The van der Waals surface area contributed by atoms with Crippen LogP contribution in [0.3, 0.4) is 0 Å². The molecular formula is C23H32IN3O. The van der Waals surface area contributed by atoms with E-state index in [0.717, 1.165) is 45.1 Å². The smallest absolute Gasteiger partial charge is 0.191 e. The van der Waals surface area contributed by atoms with Crippen molar-refractivity contribution >= 4 is 29.9 Å². The molecule has 0 aromatic heterocycles. The summed E-state index contributed by atoms with van der Waals surface area (Å²) in [6.07, 6.45) is 2.05. The fourth-order valence-electron chi connectivity index (χ4n) is 3.82. The normalized spacial score (nSPS) is 16.2. The summed E-state index contributed by atoms with van der Waals surface area (Å²) in [4.78, 5) is 4.42. The van der Waals surface area contributed by atoms with Gasteiger partial charge in [0.15, 0.2) is 5.96 Å². The molecule has 1 heterocycles. The van der Waals surface area contributed by atoms with Crippen LogP contribution in [0, 0.1) is 13.8 Å². The third-order valence-electron chi connectivity index (χ3n) is 5.60. The number of ether oxygens (including phenoxy) is 1. The van der Waals surface area contributed by atoms with Gasteiger partial charge in [0.2, 0.25) is 0 Å². The summed E-state index contributed by atoms with van der Waals surface area (Å²) in [5.41, 5.74) is 5.38. The highest BCUT2D eigenvalue weighted by molar-refractivity contribution is 14.0. The zero-order valence-corrected chi connectivity index (χ0v) is 19.5. The van der Waals surface area contributed by atoms with Gasteiger partial charge in [0.05, 0.1) is 0 Å². The molecule has 2 aromatic rings. The van der Waals surface area contributed by atoms with Crippen molar-refractivity contribution in [3.05, 3.63) is 70.8 Å². The third-order valence-corrected chi connectivity index (χ3v) is 5.60. The molecule has 0 unspecified atom stereocenters. The first kappa shape index (κ1) is 22.7. The maximum atomic E-state index is 5.63. The number of guanidine groups is 1. The van der Waals surface area contributed by atoms with Crippen LogP contribution in [-0.4, -0.2) is 32.8 Å². The molecule has 0 spiro atoms. The van der Waals surface area contributed by atoms with Gasteiger partial charge < -0.3 is 15.4 Å². The highest BCUT2D eigenvalue weighted by Crippen LogP contribution is 2.34. The zero-order valence-electron chi connectivity index (χ0n) is 17.1. The topological polar surface area (TPSA) is 45.7 Å². The largest absolute Gasteiger partial charge is 0.381 e. The van der Waals surface area contributed by atoms with Gasteiger partial charge in [-0.25, -0.2) is 0 Å². The van der Waals surface area contributed by atoms with Crippen LogP contribution in [0.2, 0.25) is 0 Å². The Morgan fingerprint density at radius 2 is 1.75 bits per heavy atom. The molecule has 152 valence electrons. The molecule has 5 heteroatoms. The second kappa shape index (κ2) is 10.8. The van der Waals surface area contributed by atoms with E-state index in [9.17, 15) is 0 Å². The van der Waals surface area contributed by atoms with Crippen LogP contribution in [0.5, 0.6) is 0 Å². The molecule has 1 fully saturated rings. The average Bonchev–Trinajstić information content (AvgIpc) is 2.71. The predicted octanol–water partition coefficient (Wildman–Crippen LogP) is 4.33. The van der Waals surface area contributed by atoms with E-state index in [2.05, 4.69) is 78.0 Å². The Morgan fingerprint density at radius 3 is 2.39 bits per heavy atom. The van der Waals surface area contributed by atoms with Crippen LogP contribution in [-0.2, 0) is 16.7 Å². The van der Waals surface area contributed by atoms with E-state index in [1.807, 2.05) is 7.05 Å². The van der Waals surface area contributed by atoms with Crippen molar-refractivity contribution < 1.29 is 4.74 Å². The molecule has 4 nitrogen and oxygen atoms in total. The number of nitrogens with one attached hydrogen (secondary N) is 2. The van der Waals surface area contributed by atoms with Crippen LogP contribution >= 0.6 is 24.0 Å². The first-order valence-electron chi connectivity index (χ1n) is 9.77. The monoisotopic (exact) mass is 493 g/mol. The molecule has 0 aliphatic carbocycles. The molecule has 0 amide bonds. The molecule has 1 aliphatic heterocycles. The Bertz CT molecular complexity index is 771. The minimum Gasteiger partial charge on any atom is -0.381 e. The number of rotatable bonds is 5. The van der Waals surface area contributed by atoms with Crippen molar-refractivity contribution in [2.24, 2.45) is 4.99 Å². The van der Waals surface area contributed by atoms with E-state index in [1.54, 1.807) is 0 Å². The average molecular weight is 493 g/mol. The van der Waals surface area contributed by atoms with Crippen molar-refractivity contribution in [2.75, 3.05) is 26.8 Å². The first-order valence-corrected chi connectivity index (χ1v) is 9.77. The van der Waals surface area contributed by atoms with E-state index in [4.69, 9.17) is 4.74 Å². The van der Waals surface area contributed by atoms with Crippen molar-refractivity contribution in [3.63, 3.8) is 0 Å². The first-order chi connectivity index (χ1) is 13.1. The second-order valence-electron chi connectivity index (χ2n) is 7.47. The maximum Gasteiger partial charge on any atom is 0.191 e. The van der Waals surface area contributed by atoms with Gasteiger partial charge in [-0.3, -0.25) is 4.99 Å². The molecule has 28 heavy (non-hydrogen) atoms. The number of benzene rings is 2. The SMILES string of the molecule is CN=C(NCc1ccc(C)cc1C)NCC1(c2ccccc2)CCOCC1.I. The van der Waals surface area contributed by atoms with E-state index < -0.39 is 0 Å². The number of aryl methyl sites for hydroxylation is 2. The number of hydrogen-bond acceptors (Lipinski definition) is 2. The third kappa shape index (κ3) is 5.70. The molecule has 0 bridgehead atoms. The Kier molecular flexibility index (Phi) is 8.76. The van der Waals surface area contributed by atoms with Gasteiger partial charge in [-0.05, 0) is 43.4 Å². The Labute approximate surface area is 186 Å². The van der Waals surface area contributed by atoms with E-state index in [0.29, 0.717) is 0 Å². The van der Waals surface area contributed by atoms with Gasteiger partial charge in [-0.1, -0.05) is 54.1 Å². The number of hydrogen-bond donors (Lipinski definition) is 2. The lowest BCUT2D eigenvalue weighted by Gasteiger charge is -2.38. The highest BCUT2D eigenvalue weighted by Gasteiger charge is 2.34. The second-order valence-corrected chi connectivity index (χ2v) is 7.47. The summed E-state index contributed by atoms with van der Waals surface area (Å²) in [5.74, 6) is 0.844. The van der Waals surface area contributed by atoms with Gasteiger partial charge in [0.25, 0.3) is 0 Å². The van der Waals surface area contributed by atoms with Crippen LogP contribution in [0.4, 0.5) is 0 Å². The van der Waals surface area contributed by atoms with Crippen LogP contribution in [0.25, 0.3) is 0 Å². The van der Waals surface area contributed by atoms with Gasteiger partial charge in [0.1, 0.15) is 0 Å². The standard InChI is InChI=1S/C23H31N3O.HI/c1-18-9-10-20(19(2)15-18)16-25-22(24-3)26-17-23(11-13-27-14-12-23)21-7-5-4-6-8-21;/h4-10,15H,11-14,16-17H2,1-3H3,(H2,24,25,26);1H. The molecule has 1 aliphatic rings. The summed E-state index contributed by atoms with van der Waals surface area (Å²) >= 11 is 0. The highest BCUT2D eigenvalue weighted by atomic mass is 127. The van der Waals surface area contributed by atoms with Gasteiger partial charge in [-0.2, -0.15) is 0 Å². The van der Waals surface area contributed by atoms with Crippen LogP contribution in [0.1, 0.15) is 35.1 Å². The molecule has 1 saturated heterocycles. The van der Waals surface area contributed by atoms with Crippen molar-refractivity contribution in [3.8, 4) is 0 Å². The summed E-state index contributed by atoms with van der Waals surface area (Å²) in [5, 5.41) is 7.02. The molecule has 0 radical (unpaired) electrons. The van der Waals surface area contributed by atoms with E-state index >= 15 is 0 Å². The van der Waals surface area contributed by atoms with Crippen molar-refractivity contribution in [1.29, 1.82) is 0 Å². The van der Waals surface area contributed by atoms with E-state index in [-0.39, 0.29) is 29.4 Å². The fourth-order valence-corrected chi connectivity index (χ4v) is 3.82. The molecule has 2 aromatic carbocycles. The minimum atomic E-state index is 0. The fraction of sp³-hybridized carbons (Fsp3) is 0.435. The molecule has 0 saturated carbocycles. The number of aliphatic imine (C=N–C) groups is 1. The molecule has 0 atom stereocenters. The van der Waals surface area contributed by atoms with E-state index in [1.165, 1.54) is 22.3 Å². The van der Waals surface area contributed by atoms with Crippen molar-refractivity contribution in [2.45, 2.75) is 38.6 Å². The minimum absolute atomic E-state index is 0. The lowest BCUT2D eigenvalue weighted by atomic mass is 9.74. The van der Waals surface area contributed by atoms with Crippen LogP contribution in [0.15, 0.2) is 53.5 Å². The predicted molar refractivity (Wildman–Crippen MR) is 128 cm³/mol. The lowest BCUT2D eigenvalue weighted by Crippen LogP contribution is -2.47. The summed E-state index contributed by atoms with van der Waals surface area (Å²) < 4.78 is 5.63. The van der Waals surface area contributed by atoms with Gasteiger partial charge in [-0.15, -0.1) is 24.0 Å².